The van der Waals surface area contributed by atoms with Gasteiger partial charge < -0.3 is 15.2 Å². The minimum absolute atomic E-state index is 0.277. The van der Waals surface area contributed by atoms with Crippen molar-refractivity contribution < 1.29 is 22.8 Å². The summed E-state index contributed by atoms with van der Waals surface area (Å²) in [6.07, 6.45) is -2.74. The second-order valence-corrected chi connectivity index (χ2v) is 9.58. The third-order valence-electron chi connectivity index (χ3n) is 6.70. The highest BCUT2D eigenvalue weighted by Gasteiger charge is 2.30. The quantitative estimate of drug-likeness (QED) is 0.219. The first-order chi connectivity index (χ1) is 19.7. The number of aryl methyl sites for hydroxylation is 1. The van der Waals surface area contributed by atoms with Crippen molar-refractivity contribution >= 4 is 17.5 Å². The van der Waals surface area contributed by atoms with Crippen molar-refractivity contribution in [1.29, 1.82) is 0 Å². The highest BCUT2D eigenvalue weighted by atomic mass is 19.4. The van der Waals surface area contributed by atoms with Crippen molar-refractivity contribution in [2.75, 3.05) is 5.32 Å². The van der Waals surface area contributed by atoms with Crippen LogP contribution in [0.2, 0.25) is 0 Å². The molecule has 0 saturated carbocycles. The number of hydrogen-bond acceptors (Lipinski definition) is 2. The van der Waals surface area contributed by atoms with Gasteiger partial charge in [-0.2, -0.15) is 13.2 Å². The lowest BCUT2D eigenvalue weighted by Gasteiger charge is -2.08. The van der Waals surface area contributed by atoms with Crippen LogP contribution in [0.25, 0.3) is 22.3 Å². The van der Waals surface area contributed by atoms with E-state index in [1.807, 2.05) is 54.6 Å². The van der Waals surface area contributed by atoms with Crippen LogP contribution >= 0.6 is 0 Å². The van der Waals surface area contributed by atoms with Gasteiger partial charge in [0.15, 0.2) is 0 Å². The van der Waals surface area contributed by atoms with Crippen molar-refractivity contribution in [2.24, 2.45) is 7.05 Å². The molecule has 1 heterocycles. The summed E-state index contributed by atoms with van der Waals surface area (Å²) in [7, 11) is 1.72. The number of benzene rings is 4. The monoisotopic (exact) mass is 553 g/mol. The average Bonchev–Trinajstić information content (AvgIpc) is 3.36. The molecule has 2 N–H and O–H groups in total. The lowest BCUT2D eigenvalue weighted by atomic mass is 10.0. The normalized spacial score (nSPS) is 11.2. The molecule has 0 aliphatic carbocycles. The summed E-state index contributed by atoms with van der Waals surface area (Å²) in [5, 5.41) is 5.70. The molecule has 0 spiro atoms. The summed E-state index contributed by atoms with van der Waals surface area (Å²) >= 11 is 0. The van der Waals surface area contributed by atoms with Crippen LogP contribution in [0, 0.1) is 0 Å². The number of hydrogen-bond donors (Lipinski definition) is 2. The molecule has 0 bridgehead atoms. The van der Waals surface area contributed by atoms with Gasteiger partial charge in [0.2, 0.25) is 0 Å². The summed E-state index contributed by atoms with van der Waals surface area (Å²) in [4.78, 5) is 25.6. The maximum Gasteiger partial charge on any atom is 0.416 e. The van der Waals surface area contributed by atoms with Gasteiger partial charge in [0, 0.05) is 25.4 Å². The maximum absolute atomic E-state index is 12.8. The van der Waals surface area contributed by atoms with Crippen molar-refractivity contribution in [3.05, 3.63) is 138 Å². The second kappa shape index (κ2) is 11.6. The summed E-state index contributed by atoms with van der Waals surface area (Å²) in [6, 6.07) is 31.0. The minimum atomic E-state index is -4.40. The largest absolute Gasteiger partial charge is 0.416 e. The number of anilines is 1. The molecule has 5 rings (SSSR count). The van der Waals surface area contributed by atoms with Crippen LogP contribution in [0.1, 0.15) is 32.0 Å². The standard InChI is InChI=1S/C33H26F3N3O2/c1-39-21-29(19-30(39)32(41)37-20-22-7-9-24(10-8-22)23-5-3-2-4-6-23)38-31(40)27-13-11-25(12-14-27)26-15-17-28(18-16-26)33(34,35)36/h2-19,21H,20H2,1H3,(H,37,41)(H,38,40). The van der Waals surface area contributed by atoms with E-state index in [4.69, 9.17) is 0 Å². The van der Waals surface area contributed by atoms with E-state index in [-0.39, 0.29) is 11.8 Å². The summed E-state index contributed by atoms with van der Waals surface area (Å²) in [5.74, 6) is -0.652. The van der Waals surface area contributed by atoms with Crippen molar-refractivity contribution in [1.82, 2.24) is 9.88 Å². The molecule has 8 heteroatoms. The lowest BCUT2D eigenvalue weighted by molar-refractivity contribution is -0.137. The molecule has 5 nitrogen and oxygen atoms in total. The van der Waals surface area contributed by atoms with Gasteiger partial charge in [-0.1, -0.05) is 78.9 Å². The number of carbonyl (C=O) groups is 2. The van der Waals surface area contributed by atoms with Crippen LogP contribution in [0.3, 0.4) is 0 Å². The van der Waals surface area contributed by atoms with E-state index in [9.17, 15) is 22.8 Å². The number of halogens is 3. The van der Waals surface area contributed by atoms with E-state index in [0.717, 1.165) is 28.8 Å². The number of aromatic nitrogens is 1. The van der Waals surface area contributed by atoms with E-state index in [1.165, 1.54) is 12.1 Å². The van der Waals surface area contributed by atoms with Crippen LogP contribution in [0.15, 0.2) is 115 Å². The Morgan fingerprint density at radius 1 is 0.707 bits per heavy atom. The third kappa shape index (κ3) is 6.55. The van der Waals surface area contributed by atoms with Gasteiger partial charge >= 0.3 is 6.18 Å². The molecule has 0 unspecified atom stereocenters. The van der Waals surface area contributed by atoms with Gasteiger partial charge in [-0.3, -0.25) is 9.59 Å². The molecule has 41 heavy (non-hydrogen) atoms. The number of nitrogens with zero attached hydrogens (tertiary/aromatic N) is 1. The van der Waals surface area contributed by atoms with Crippen molar-refractivity contribution in [3.63, 3.8) is 0 Å². The molecular weight excluding hydrogens is 527 g/mol. The molecule has 1 aromatic heterocycles. The van der Waals surface area contributed by atoms with Crippen LogP contribution < -0.4 is 10.6 Å². The van der Waals surface area contributed by atoms with E-state index in [1.54, 1.807) is 48.1 Å². The Kier molecular flexibility index (Phi) is 7.74. The fourth-order valence-electron chi connectivity index (χ4n) is 4.45. The maximum atomic E-state index is 12.8. The zero-order valence-corrected chi connectivity index (χ0v) is 22.1. The molecule has 0 fully saturated rings. The number of amides is 2. The molecule has 0 aliphatic rings. The number of rotatable bonds is 7. The van der Waals surface area contributed by atoms with Crippen LogP contribution in [0.5, 0.6) is 0 Å². The number of carbonyl (C=O) groups excluding carboxylic acids is 2. The topological polar surface area (TPSA) is 63.1 Å². The summed E-state index contributed by atoms with van der Waals surface area (Å²) in [6.45, 7) is 0.353. The zero-order valence-electron chi connectivity index (χ0n) is 22.1. The highest BCUT2D eigenvalue weighted by Crippen LogP contribution is 2.31. The molecule has 0 atom stereocenters. The van der Waals surface area contributed by atoms with Gasteiger partial charge in [0.25, 0.3) is 11.8 Å². The van der Waals surface area contributed by atoms with Gasteiger partial charge in [0.1, 0.15) is 5.69 Å². The molecule has 206 valence electrons. The van der Waals surface area contributed by atoms with Crippen LogP contribution in [-0.4, -0.2) is 16.4 Å². The fourth-order valence-corrected chi connectivity index (χ4v) is 4.45. The van der Waals surface area contributed by atoms with Gasteiger partial charge in [-0.25, -0.2) is 0 Å². The molecule has 4 aromatic carbocycles. The van der Waals surface area contributed by atoms with Gasteiger partial charge in [-0.05, 0) is 58.1 Å². The van der Waals surface area contributed by atoms with Crippen molar-refractivity contribution in [3.8, 4) is 22.3 Å². The predicted molar refractivity (Wildman–Crippen MR) is 153 cm³/mol. The van der Waals surface area contributed by atoms with Crippen LogP contribution in [0.4, 0.5) is 18.9 Å². The predicted octanol–water partition coefficient (Wildman–Crippen LogP) is 7.56. The number of alkyl halides is 3. The van der Waals surface area contributed by atoms with E-state index >= 15 is 0 Å². The Balaban J connectivity index is 1.18. The Labute approximate surface area is 235 Å². The SMILES string of the molecule is Cn1cc(NC(=O)c2ccc(-c3ccc(C(F)(F)F)cc3)cc2)cc1C(=O)NCc1ccc(-c2ccccc2)cc1. The van der Waals surface area contributed by atoms with Gasteiger partial charge in [0.05, 0.1) is 11.3 Å². The van der Waals surface area contributed by atoms with Gasteiger partial charge in [-0.15, -0.1) is 0 Å². The van der Waals surface area contributed by atoms with Crippen molar-refractivity contribution in [2.45, 2.75) is 12.7 Å². The third-order valence-corrected chi connectivity index (χ3v) is 6.70. The molecule has 2 amide bonds. The molecule has 5 aromatic rings. The second-order valence-electron chi connectivity index (χ2n) is 9.58. The lowest BCUT2D eigenvalue weighted by Crippen LogP contribution is -2.24. The van der Waals surface area contributed by atoms with Crippen LogP contribution in [-0.2, 0) is 19.8 Å². The smallest absolute Gasteiger partial charge is 0.347 e. The van der Waals surface area contributed by atoms with E-state index in [0.29, 0.717) is 34.6 Å². The Bertz CT molecular complexity index is 1660. The Morgan fingerprint density at radius 3 is 1.83 bits per heavy atom. The number of nitrogens with one attached hydrogen (secondary N) is 2. The Hall–Kier alpha value is -5.11. The first-order valence-corrected chi connectivity index (χ1v) is 12.9. The Morgan fingerprint density at radius 2 is 1.24 bits per heavy atom. The molecule has 0 radical (unpaired) electrons. The first-order valence-electron chi connectivity index (χ1n) is 12.9. The summed E-state index contributed by atoms with van der Waals surface area (Å²) < 4.78 is 40.1. The molecule has 0 saturated heterocycles. The fraction of sp³-hybridized carbons (Fsp3) is 0.0909. The highest BCUT2D eigenvalue weighted by molar-refractivity contribution is 6.05. The molecule has 0 aliphatic heterocycles. The minimum Gasteiger partial charge on any atom is -0.347 e. The van der Waals surface area contributed by atoms with E-state index < -0.39 is 11.7 Å². The summed E-state index contributed by atoms with van der Waals surface area (Å²) in [5.41, 5.74) is 4.97. The zero-order chi connectivity index (χ0) is 29.0. The molecular formula is C33H26F3N3O2. The van der Waals surface area contributed by atoms with E-state index in [2.05, 4.69) is 10.6 Å². The average molecular weight is 554 g/mol. The first kappa shape index (κ1) is 27.5.